The van der Waals surface area contributed by atoms with Crippen LogP contribution in [-0.4, -0.2) is 25.5 Å². The monoisotopic (exact) mass is 353 g/mol. The molecule has 0 aliphatic carbocycles. The molecule has 7 nitrogen and oxygen atoms in total. The lowest BCUT2D eigenvalue weighted by molar-refractivity contribution is -0.122. The Bertz CT molecular complexity index is 893. The second kappa shape index (κ2) is 6.92. The van der Waals surface area contributed by atoms with Crippen molar-refractivity contribution in [2.24, 2.45) is 5.92 Å². The second-order valence-electron chi connectivity index (χ2n) is 6.19. The lowest BCUT2D eigenvalue weighted by atomic mass is 10.1. The summed E-state index contributed by atoms with van der Waals surface area (Å²) in [5.74, 6) is 0.452. The van der Waals surface area contributed by atoms with Gasteiger partial charge >= 0.3 is 0 Å². The van der Waals surface area contributed by atoms with Gasteiger partial charge in [0.2, 0.25) is 17.7 Å². The summed E-state index contributed by atoms with van der Waals surface area (Å²) in [6.07, 6.45) is 0.110. The normalized spacial score (nSPS) is 16.5. The Labute approximate surface area is 151 Å². The number of anilines is 2. The van der Waals surface area contributed by atoms with E-state index in [2.05, 4.69) is 5.32 Å². The van der Waals surface area contributed by atoms with E-state index in [-0.39, 0.29) is 30.7 Å². The molecular formula is C19H19N3O4. The van der Waals surface area contributed by atoms with E-state index in [0.717, 1.165) is 0 Å². The molecule has 0 bridgehead atoms. The van der Waals surface area contributed by atoms with Crippen LogP contribution in [0.5, 0.6) is 5.75 Å². The topological polar surface area (TPSA) is 95.6 Å². The van der Waals surface area contributed by atoms with E-state index in [1.54, 1.807) is 50.1 Å². The van der Waals surface area contributed by atoms with Crippen molar-refractivity contribution in [2.45, 2.75) is 20.3 Å². The molecular weight excluding hydrogens is 334 g/mol. The zero-order valence-corrected chi connectivity index (χ0v) is 14.8. The molecule has 1 N–H and O–H groups in total. The van der Waals surface area contributed by atoms with Crippen LogP contribution in [-0.2, 0) is 9.59 Å². The number of rotatable bonds is 4. The molecule has 1 atom stereocenters. The van der Waals surface area contributed by atoms with Gasteiger partial charge in [-0.15, -0.1) is 0 Å². The Morgan fingerprint density at radius 3 is 2.65 bits per heavy atom. The van der Waals surface area contributed by atoms with Gasteiger partial charge in [0.1, 0.15) is 23.1 Å². The molecule has 0 radical (unpaired) electrons. The molecule has 1 aromatic heterocycles. The predicted octanol–water partition coefficient (Wildman–Crippen LogP) is 2.77. The van der Waals surface area contributed by atoms with Crippen LogP contribution < -0.4 is 15.0 Å². The van der Waals surface area contributed by atoms with Gasteiger partial charge in [0.15, 0.2) is 0 Å². The number of carbonyl (C=O) groups excluding carboxylic acids is 2. The predicted molar refractivity (Wildman–Crippen MR) is 95.0 cm³/mol. The smallest absolute Gasteiger partial charge is 0.232 e. The fourth-order valence-corrected chi connectivity index (χ4v) is 2.96. The number of nitrogens with zero attached hydrogens (tertiary/aromatic N) is 2. The molecule has 26 heavy (non-hydrogen) atoms. The van der Waals surface area contributed by atoms with Crippen LogP contribution in [0.25, 0.3) is 0 Å². The molecule has 1 unspecified atom stereocenters. The largest absolute Gasteiger partial charge is 0.497 e. The highest BCUT2D eigenvalue weighted by atomic mass is 16.5. The lowest BCUT2D eigenvalue weighted by Crippen LogP contribution is -2.28. The maximum atomic E-state index is 12.5. The van der Waals surface area contributed by atoms with Crippen molar-refractivity contribution in [2.75, 3.05) is 23.9 Å². The number of methoxy groups -OCH3 is 1. The van der Waals surface area contributed by atoms with E-state index in [1.807, 2.05) is 6.07 Å². The number of carbonyl (C=O) groups is 2. The quantitative estimate of drug-likeness (QED) is 0.912. The van der Waals surface area contributed by atoms with Gasteiger partial charge in [0.25, 0.3) is 0 Å². The number of hydrogen-bond acceptors (Lipinski definition) is 5. The summed E-state index contributed by atoms with van der Waals surface area (Å²) in [5.41, 5.74) is 1.73. The first-order valence-corrected chi connectivity index (χ1v) is 8.20. The highest BCUT2D eigenvalue weighted by molar-refractivity contribution is 6.03. The first kappa shape index (κ1) is 17.5. The highest BCUT2D eigenvalue weighted by Gasteiger charge is 2.36. The zero-order chi connectivity index (χ0) is 18.8. The van der Waals surface area contributed by atoms with E-state index in [4.69, 9.17) is 9.15 Å². The minimum atomic E-state index is -0.512. The molecule has 1 aliphatic heterocycles. The molecule has 2 heterocycles. The third-order valence-corrected chi connectivity index (χ3v) is 4.61. The van der Waals surface area contributed by atoms with Crippen molar-refractivity contribution in [3.63, 3.8) is 0 Å². The molecule has 7 heteroatoms. The summed E-state index contributed by atoms with van der Waals surface area (Å²) < 4.78 is 10.6. The number of ether oxygens (including phenoxy) is 1. The highest BCUT2D eigenvalue weighted by Crippen LogP contribution is 2.29. The maximum Gasteiger partial charge on any atom is 0.232 e. The standard InChI is InChI=1S/C19H19N3O4/c1-11-12(2)26-19(16(11)9-20)21-18(24)13-8-17(23)22(10-13)14-4-6-15(25-3)7-5-14/h4-7,13H,8,10H2,1-3H3,(H,21,24). The summed E-state index contributed by atoms with van der Waals surface area (Å²) in [7, 11) is 1.57. The number of amides is 2. The second-order valence-corrected chi connectivity index (χ2v) is 6.19. The molecule has 1 aliphatic rings. The Morgan fingerprint density at radius 2 is 2.04 bits per heavy atom. The van der Waals surface area contributed by atoms with Crippen molar-refractivity contribution in [3.05, 3.63) is 41.2 Å². The van der Waals surface area contributed by atoms with Gasteiger partial charge in [-0.1, -0.05) is 0 Å². The molecule has 3 rings (SSSR count). The van der Waals surface area contributed by atoms with E-state index in [9.17, 15) is 14.9 Å². The van der Waals surface area contributed by atoms with Crippen molar-refractivity contribution in [1.29, 1.82) is 5.26 Å². The number of nitriles is 1. The molecule has 1 fully saturated rings. The Hall–Kier alpha value is -3.27. The van der Waals surface area contributed by atoms with E-state index < -0.39 is 5.92 Å². The fraction of sp³-hybridized carbons (Fsp3) is 0.316. The van der Waals surface area contributed by atoms with Crippen LogP contribution in [0.15, 0.2) is 28.7 Å². The number of hydrogen-bond donors (Lipinski definition) is 1. The SMILES string of the molecule is COc1ccc(N2CC(C(=O)Nc3oc(C)c(C)c3C#N)CC2=O)cc1. The first-order chi connectivity index (χ1) is 12.4. The van der Waals surface area contributed by atoms with Gasteiger partial charge in [-0.25, -0.2) is 0 Å². The molecule has 1 aromatic carbocycles. The first-order valence-electron chi connectivity index (χ1n) is 8.20. The summed E-state index contributed by atoms with van der Waals surface area (Å²) >= 11 is 0. The molecule has 134 valence electrons. The lowest BCUT2D eigenvalue weighted by Gasteiger charge is -2.17. The Balaban J connectivity index is 1.73. The van der Waals surface area contributed by atoms with Crippen LogP contribution in [0.2, 0.25) is 0 Å². The van der Waals surface area contributed by atoms with Crippen molar-refractivity contribution >= 4 is 23.4 Å². The van der Waals surface area contributed by atoms with Gasteiger partial charge in [-0.2, -0.15) is 5.26 Å². The van der Waals surface area contributed by atoms with Crippen LogP contribution >= 0.6 is 0 Å². The van der Waals surface area contributed by atoms with Crippen molar-refractivity contribution in [3.8, 4) is 11.8 Å². The average Bonchev–Trinajstić information content (AvgIpc) is 3.15. The summed E-state index contributed by atoms with van der Waals surface area (Å²) in [6.45, 7) is 3.77. The third-order valence-electron chi connectivity index (χ3n) is 4.61. The number of furan rings is 1. The number of benzene rings is 1. The summed E-state index contributed by atoms with van der Waals surface area (Å²) in [4.78, 5) is 26.4. The minimum absolute atomic E-state index is 0.110. The molecule has 2 aromatic rings. The van der Waals surface area contributed by atoms with E-state index in [0.29, 0.717) is 28.3 Å². The Kier molecular flexibility index (Phi) is 4.67. The van der Waals surface area contributed by atoms with Gasteiger partial charge in [-0.05, 0) is 38.1 Å². The summed E-state index contributed by atoms with van der Waals surface area (Å²) in [6, 6.07) is 9.14. The van der Waals surface area contributed by atoms with Gasteiger partial charge < -0.3 is 14.1 Å². The van der Waals surface area contributed by atoms with Gasteiger partial charge in [-0.3, -0.25) is 14.9 Å². The minimum Gasteiger partial charge on any atom is -0.497 e. The number of nitrogens with one attached hydrogen (secondary N) is 1. The molecule has 0 saturated carbocycles. The zero-order valence-electron chi connectivity index (χ0n) is 14.8. The van der Waals surface area contributed by atoms with E-state index in [1.165, 1.54) is 0 Å². The van der Waals surface area contributed by atoms with Crippen LogP contribution in [0, 0.1) is 31.1 Å². The summed E-state index contributed by atoms with van der Waals surface area (Å²) in [5, 5.41) is 11.9. The van der Waals surface area contributed by atoms with Gasteiger partial charge in [0, 0.05) is 24.2 Å². The number of aryl methyl sites for hydroxylation is 1. The van der Waals surface area contributed by atoms with Crippen LogP contribution in [0.1, 0.15) is 23.3 Å². The van der Waals surface area contributed by atoms with Crippen LogP contribution in [0.4, 0.5) is 11.6 Å². The Morgan fingerprint density at radius 1 is 1.35 bits per heavy atom. The van der Waals surface area contributed by atoms with Crippen molar-refractivity contribution in [1.82, 2.24) is 0 Å². The third kappa shape index (κ3) is 3.14. The maximum absolute atomic E-state index is 12.5. The molecule has 2 amide bonds. The van der Waals surface area contributed by atoms with Crippen LogP contribution in [0.3, 0.4) is 0 Å². The van der Waals surface area contributed by atoms with E-state index >= 15 is 0 Å². The van der Waals surface area contributed by atoms with Crippen molar-refractivity contribution < 1.29 is 18.7 Å². The van der Waals surface area contributed by atoms with Gasteiger partial charge in [0.05, 0.1) is 13.0 Å². The molecule has 1 saturated heterocycles. The molecule has 0 spiro atoms. The fourth-order valence-electron chi connectivity index (χ4n) is 2.96. The average molecular weight is 353 g/mol.